The number of methoxy groups -OCH3 is 1. The Morgan fingerprint density at radius 1 is 1.12 bits per heavy atom. The highest BCUT2D eigenvalue weighted by Crippen LogP contribution is 2.25. The minimum Gasteiger partial charge on any atom is -0.497 e. The fourth-order valence-electron chi connectivity index (χ4n) is 2.32. The second kappa shape index (κ2) is 7.98. The molecule has 0 N–H and O–H groups in total. The van der Waals surface area contributed by atoms with Crippen LogP contribution < -0.4 is 4.74 Å². The summed E-state index contributed by atoms with van der Waals surface area (Å²) >= 11 is 1.27. The van der Waals surface area contributed by atoms with Gasteiger partial charge in [-0.25, -0.2) is 0 Å². The van der Waals surface area contributed by atoms with Crippen molar-refractivity contribution in [1.29, 1.82) is 0 Å². The quantitative estimate of drug-likeness (QED) is 0.471. The van der Waals surface area contributed by atoms with E-state index in [2.05, 4.69) is 10.2 Å². The number of thioether (sulfide) groups is 1. The molecule has 3 aromatic rings. The van der Waals surface area contributed by atoms with Crippen LogP contribution in [0.1, 0.15) is 28.7 Å². The summed E-state index contributed by atoms with van der Waals surface area (Å²) in [5.41, 5.74) is 1.73. The van der Waals surface area contributed by atoms with Gasteiger partial charge in [0.1, 0.15) is 5.75 Å². The maximum atomic E-state index is 12.5. The van der Waals surface area contributed by atoms with Gasteiger partial charge in [-0.15, -0.1) is 10.2 Å². The number of carbonyl (C=O) groups is 1. The number of Topliss-reactive ketones (excluding diaryl/α,β-unsaturated/α-hetero) is 1. The van der Waals surface area contributed by atoms with Gasteiger partial charge in [0, 0.05) is 5.56 Å². The van der Waals surface area contributed by atoms with Crippen molar-refractivity contribution in [2.75, 3.05) is 7.11 Å². The van der Waals surface area contributed by atoms with Crippen molar-refractivity contribution in [3.05, 3.63) is 71.6 Å². The fraction of sp³-hybridized carbons (Fsp3) is 0.211. The predicted octanol–water partition coefficient (Wildman–Crippen LogP) is 4.03. The first-order valence-corrected chi connectivity index (χ1v) is 8.75. The predicted molar refractivity (Wildman–Crippen MR) is 96.2 cm³/mol. The summed E-state index contributed by atoms with van der Waals surface area (Å²) in [6.45, 7) is 1.83. The number of hydrogen-bond donors (Lipinski definition) is 0. The van der Waals surface area contributed by atoms with Gasteiger partial charge in [0.05, 0.1) is 18.8 Å². The van der Waals surface area contributed by atoms with Crippen molar-refractivity contribution < 1.29 is 13.9 Å². The topological polar surface area (TPSA) is 65.2 Å². The van der Waals surface area contributed by atoms with Crippen LogP contribution in [-0.4, -0.2) is 28.3 Å². The SMILES string of the molecule is COc1ccc(C(=O)[C@@H](C)Sc2nnc(Cc3ccccc3)o2)cc1. The molecule has 0 aliphatic rings. The molecule has 0 fully saturated rings. The highest BCUT2D eigenvalue weighted by atomic mass is 32.2. The minimum atomic E-state index is -0.321. The smallest absolute Gasteiger partial charge is 0.277 e. The molecular weight excluding hydrogens is 336 g/mol. The van der Waals surface area contributed by atoms with E-state index in [0.29, 0.717) is 23.1 Å². The van der Waals surface area contributed by atoms with Crippen LogP contribution in [0, 0.1) is 0 Å². The van der Waals surface area contributed by atoms with Crippen molar-refractivity contribution in [2.24, 2.45) is 0 Å². The Morgan fingerprint density at radius 2 is 1.84 bits per heavy atom. The third-order valence-electron chi connectivity index (χ3n) is 3.67. The molecule has 1 atom stereocenters. The lowest BCUT2D eigenvalue weighted by atomic mass is 10.1. The van der Waals surface area contributed by atoms with E-state index in [0.717, 1.165) is 11.3 Å². The molecule has 0 saturated carbocycles. The van der Waals surface area contributed by atoms with E-state index >= 15 is 0 Å². The molecule has 0 aliphatic carbocycles. The zero-order chi connectivity index (χ0) is 17.6. The molecule has 6 heteroatoms. The van der Waals surface area contributed by atoms with Crippen LogP contribution in [0.5, 0.6) is 5.75 Å². The van der Waals surface area contributed by atoms with E-state index in [-0.39, 0.29) is 11.0 Å². The minimum absolute atomic E-state index is 0.00969. The Hall–Kier alpha value is -2.60. The van der Waals surface area contributed by atoms with Gasteiger partial charge >= 0.3 is 0 Å². The van der Waals surface area contributed by atoms with E-state index in [1.165, 1.54) is 11.8 Å². The van der Waals surface area contributed by atoms with Gasteiger partial charge in [0.15, 0.2) is 5.78 Å². The van der Waals surface area contributed by atoms with Gasteiger partial charge in [-0.1, -0.05) is 42.1 Å². The number of carbonyl (C=O) groups excluding carboxylic acids is 1. The lowest BCUT2D eigenvalue weighted by Crippen LogP contribution is -2.13. The summed E-state index contributed by atoms with van der Waals surface area (Å²) in [6.07, 6.45) is 0.579. The molecule has 1 heterocycles. The molecule has 2 aromatic carbocycles. The van der Waals surface area contributed by atoms with E-state index < -0.39 is 0 Å². The number of aromatic nitrogens is 2. The Labute approximate surface area is 150 Å². The molecule has 3 rings (SSSR count). The largest absolute Gasteiger partial charge is 0.497 e. The number of benzene rings is 2. The number of hydrogen-bond acceptors (Lipinski definition) is 6. The fourth-order valence-corrected chi connectivity index (χ4v) is 3.10. The normalized spacial score (nSPS) is 11.9. The molecular formula is C19H18N2O3S. The van der Waals surface area contributed by atoms with Crippen LogP contribution in [-0.2, 0) is 6.42 Å². The summed E-state index contributed by atoms with van der Waals surface area (Å²) in [5, 5.41) is 8.17. The van der Waals surface area contributed by atoms with E-state index in [1.54, 1.807) is 31.4 Å². The van der Waals surface area contributed by atoms with Crippen molar-refractivity contribution >= 4 is 17.5 Å². The Bertz CT molecular complexity index is 831. The van der Waals surface area contributed by atoms with Gasteiger partial charge in [-0.05, 0) is 36.8 Å². The number of ketones is 1. The van der Waals surface area contributed by atoms with E-state index in [4.69, 9.17) is 9.15 Å². The van der Waals surface area contributed by atoms with Crippen LogP contribution in [0.15, 0.2) is 64.2 Å². The maximum absolute atomic E-state index is 12.5. The average Bonchev–Trinajstić information content (AvgIpc) is 3.08. The van der Waals surface area contributed by atoms with Gasteiger partial charge < -0.3 is 9.15 Å². The first kappa shape index (κ1) is 17.2. The first-order valence-electron chi connectivity index (χ1n) is 7.87. The standard InChI is InChI=1S/C19H18N2O3S/c1-13(18(22)15-8-10-16(23-2)11-9-15)25-19-21-20-17(24-19)12-14-6-4-3-5-7-14/h3-11,13H,12H2,1-2H3/t13-/m1/s1. The van der Waals surface area contributed by atoms with Crippen LogP contribution in [0.3, 0.4) is 0 Å². The third-order valence-corrected chi connectivity index (χ3v) is 4.60. The lowest BCUT2D eigenvalue weighted by Gasteiger charge is -2.08. The highest BCUT2D eigenvalue weighted by molar-refractivity contribution is 8.00. The van der Waals surface area contributed by atoms with Crippen molar-refractivity contribution in [3.63, 3.8) is 0 Å². The summed E-state index contributed by atoms with van der Waals surface area (Å²) in [5.74, 6) is 1.27. The van der Waals surface area contributed by atoms with Crippen LogP contribution >= 0.6 is 11.8 Å². The lowest BCUT2D eigenvalue weighted by molar-refractivity contribution is 0.0993. The monoisotopic (exact) mass is 354 g/mol. The molecule has 5 nitrogen and oxygen atoms in total. The summed E-state index contributed by atoms with van der Waals surface area (Å²) in [4.78, 5) is 12.5. The van der Waals surface area contributed by atoms with Crippen molar-refractivity contribution in [3.8, 4) is 5.75 Å². The molecule has 0 radical (unpaired) electrons. The van der Waals surface area contributed by atoms with Gasteiger partial charge in [-0.2, -0.15) is 0 Å². The summed E-state index contributed by atoms with van der Waals surface area (Å²) < 4.78 is 10.8. The molecule has 0 bridgehead atoms. The molecule has 25 heavy (non-hydrogen) atoms. The van der Waals surface area contributed by atoms with Crippen molar-refractivity contribution in [2.45, 2.75) is 23.8 Å². The third kappa shape index (κ3) is 4.48. The summed E-state index contributed by atoms with van der Waals surface area (Å²) in [7, 11) is 1.60. The average molecular weight is 354 g/mol. The molecule has 1 aromatic heterocycles. The van der Waals surface area contributed by atoms with Crippen molar-refractivity contribution in [1.82, 2.24) is 10.2 Å². The van der Waals surface area contributed by atoms with E-state index in [1.807, 2.05) is 37.3 Å². The Balaban J connectivity index is 1.62. The maximum Gasteiger partial charge on any atom is 0.277 e. The molecule has 0 unspecified atom stereocenters. The van der Waals surface area contributed by atoms with Crippen LogP contribution in [0.2, 0.25) is 0 Å². The molecule has 0 saturated heterocycles. The Morgan fingerprint density at radius 3 is 2.52 bits per heavy atom. The van der Waals surface area contributed by atoms with Crippen LogP contribution in [0.4, 0.5) is 0 Å². The number of ether oxygens (including phenoxy) is 1. The van der Waals surface area contributed by atoms with Crippen LogP contribution in [0.25, 0.3) is 0 Å². The number of rotatable bonds is 7. The zero-order valence-corrected chi connectivity index (χ0v) is 14.8. The molecule has 0 aliphatic heterocycles. The van der Waals surface area contributed by atoms with Gasteiger partial charge in [-0.3, -0.25) is 4.79 Å². The molecule has 128 valence electrons. The Kier molecular flexibility index (Phi) is 5.50. The first-order chi connectivity index (χ1) is 12.2. The van der Waals surface area contributed by atoms with Gasteiger partial charge in [0.2, 0.25) is 5.89 Å². The summed E-state index contributed by atoms with van der Waals surface area (Å²) in [6, 6.07) is 17.0. The molecule has 0 spiro atoms. The number of nitrogens with zero attached hydrogens (tertiary/aromatic N) is 2. The zero-order valence-electron chi connectivity index (χ0n) is 14.0. The highest BCUT2D eigenvalue weighted by Gasteiger charge is 2.20. The molecule has 0 amide bonds. The second-order valence-corrected chi connectivity index (χ2v) is 6.77. The van der Waals surface area contributed by atoms with Gasteiger partial charge in [0.25, 0.3) is 5.22 Å². The van der Waals surface area contributed by atoms with E-state index in [9.17, 15) is 4.79 Å². The second-order valence-electron chi connectivity index (χ2n) is 5.48.